The highest BCUT2D eigenvalue weighted by Gasteiger charge is 2.45. The molecule has 0 fully saturated rings. The van der Waals surface area contributed by atoms with Crippen LogP contribution in [0.25, 0.3) is 16.6 Å². The zero-order chi connectivity index (χ0) is 21.3. The van der Waals surface area contributed by atoms with Crippen LogP contribution in [-0.4, -0.2) is 21.7 Å². The van der Waals surface area contributed by atoms with Crippen LogP contribution in [0.1, 0.15) is 11.7 Å². The van der Waals surface area contributed by atoms with Crippen LogP contribution in [0.2, 0.25) is 0 Å². The molecule has 4 rings (SSSR count). The number of benzene rings is 3. The lowest BCUT2D eigenvalue weighted by Crippen LogP contribution is -2.32. The molecule has 1 atom stereocenters. The van der Waals surface area contributed by atoms with Gasteiger partial charge in [0.2, 0.25) is 0 Å². The minimum absolute atomic E-state index is 0.0904. The van der Waals surface area contributed by atoms with Gasteiger partial charge >= 0.3 is 6.18 Å². The minimum Gasteiger partial charge on any atom is -0.477 e. The summed E-state index contributed by atoms with van der Waals surface area (Å²) in [6.45, 7) is 0. The van der Waals surface area contributed by atoms with E-state index in [0.29, 0.717) is 16.6 Å². The topological polar surface area (TPSA) is 44.1 Å². The fourth-order valence-electron chi connectivity index (χ4n) is 3.06. The largest absolute Gasteiger partial charge is 0.477 e. The van der Waals surface area contributed by atoms with Gasteiger partial charge in [-0.2, -0.15) is 18.3 Å². The molecule has 152 valence electrons. The van der Waals surface area contributed by atoms with Crippen molar-refractivity contribution in [3.8, 4) is 11.4 Å². The summed E-state index contributed by atoms with van der Waals surface area (Å²) in [7, 11) is 0. The van der Waals surface area contributed by atoms with Gasteiger partial charge in [-0.05, 0) is 42.5 Å². The van der Waals surface area contributed by atoms with Crippen molar-refractivity contribution >= 4 is 16.7 Å². The first-order valence-corrected chi connectivity index (χ1v) is 8.89. The number of ether oxygens (including phenoxy) is 1. The predicted molar refractivity (Wildman–Crippen MR) is 102 cm³/mol. The van der Waals surface area contributed by atoms with Crippen molar-refractivity contribution in [3.05, 3.63) is 90.4 Å². The number of hydrogen-bond acceptors (Lipinski definition) is 3. The lowest BCUT2D eigenvalue weighted by Gasteiger charge is -2.19. The average Bonchev–Trinajstić information content (AvgIpc) is 3.15. The van der Waals surface area contributed by atoms with Crippen LogP contribution in [-0.2, 0) is 4.79 Å². The molecule has 0 spiro atoms. The Bertz CT molecular complexity index is 1190. The zero-order valence-electron chi connectivity index (χ0n) is 15.3. The van der Waals surface area contributed by atoms with E-state index in [0.717, 1.165) is 0 Å². The first kappa shape index (κ1) is 19.6. The Balaban J connectivity index is 1.68. The maximum absolute atomic E-state index is 13.2. The number of Topliss-reactive ketones (excluding diaryl/α,β-unsaturated/α-hetero) is 1. The molecule has 0 radical (unpaired) electrons. The maximum Gasteiger partial charge on any atom is 0.454 e. The second-order valence-electron chi connectivity index (χ2n) is 6.52. The SMILES string of the molecule is O=C(C(Oc1ccc2c(cnn2-c2ccc(F)cc2)c1)c1ccccc1)C(F)(F)F. The quantitative estimate of drug-likeness (QED) is 0.410. The summed E-state index contributed by atoms with van der Waals surface area (Å²) in [5, 5.41) is 4.83. The highest BCUT2D eigenvalue weighted by atomic mass is 19.4. The predicted octanol–water partition coefficient (Wildman–Crippen LogP) is 5.42. The van der Waals surface area contributed by atoms with E-state index in [1.165, 1.54) is 54.7 Å². The Kier molecular flexibility index (Phi) is 4.99. The van der Waals surface area contributed by atoms with Crippen LogP contribution in [0.4, 0.5) is 17.6 Å². The molecule has 1 unspecified atom stereocenters. The Morgan fingerprint density at radius 1 is 0.967 bits per heavy atom. The van der Waals surface area contributed by atoms with Crippen LogP contribution in [0.15, 0.2) is 79.0 Å². The van der Waals surface area contributed by atoms with Gasteiger partial charge in [0.25, 0.3) is 5.78 Å². The Morgan fingerprint density at radius 3 is 2.33 bits per heavy atom. The summed E-state index contributed by atoms with van der Waals surface area (Å²) in [5.41, 5.74) is 1.36. The number of carbonyl (C=O) groups is 1. The molecule has 30 heavy (non-hydrogen) atoms. The molecule has 0 bridgehead atoms. The summed E-state index contributed by atoms with van der Waals surface area (Å²) < 4.78 is 59.5. The molecule has 1 heterocycles. The van der Waals surface area contributed by atoms with E-state index in [1.807, 2.05) is 0 Å². The van der Waals surface area contributed by atoms with Crippen molar-refractivity contribution in [3.63, 3.8) is 0 Å². The molecule has 0 saturated carbocycles. The molecule has 0 saturated heterocycles. The van der Waals surface area contributed by atoms with E-state index in [4.69, 9.17) is 4.74 Å². The molecule has 8 heteroatoms. The molecule has 1 aromatic heterocycles. The van der Waals surface area contributed by atoms with Crippen LogP contribution >= 0.6 is 0 Å². The third-order valence-corrected chi connectivity index (χ3v) is 4.48. The van der Waals surface area contributed by atoms with E-state index in [-0.39, 0.29) is 17.1 Å². The van der Waals surface area contributed by atoms with E-state index >= 15 is 0 Å². The van der Waals surface area contributed by atoms with Gasteiger partial charge in [0.1, 0.15) is 11.6 Å². The van der Waals surface area contributed by atoms with Crippen LogP contribution < -0.4 is 4.74 Å². The van der Waals surface area contributed by atoms with Crippen molar-refractivity contribution in [2.24, 2.45) is 0 Å². The van der Waals surface area contributed by atoms with Crippen molar-refractivity contribution < 1.29 is 27.1 Å². The second kappa shape index (κ2) is 7.62. The summed E-state index contributed by atoms with van der Waals surface area (Å²) in [6, 6.07) is 17.8. The van der Waals surface area contributed by atoms with Gasteiger partial charge in [-0.3, -0.25) is 4.79 Å². The van der Waals surface area contributed by atoms with Gasteiger partial charge in [-0.15, -0.1) is 0 Å². The molecule has 0 aliphatic carbocycles. The first-order valence-electron chi connectivity index (χ1n) is 8.89. The highest BCUT2D eigenvalue weighted by molar-refractivity contribution is 5.90. The van der Waals surface area contributed by atoms with Gasteiger partial charge in [0.15, 0.2) is 6.10 Å². The number of rotatable bonds is 5. The number of ketones is 1. The van der Waals surface area contributed by atoms with E-state index in [1.54, 1.807) is 28.9 Å². The summed E-state index contributed by atoms with van der Waals surface area (Å²) in [5.74, 6) is -2.28. The van der Waals surface area contributed by atoms with Crippen LogP contribution in [0.5, 0.6) is 5.75 Å². The molecule has 0 aliphatic heterocycles. The summed E-state index contributed by atoms with van der Waals surface area (Å²) in [4.78, 5) is 12.0. The maximum atomic E-state index is 13.2. The first-order chi connectivity index (χ1) is 14.3. The number of aromatic nitrogens is 2. The molecule has 0 amide bonds. The van der Waals surface area contributed by atoms with Gasteiger partial charge in [-0.25, -0.2) is 9.07 Å². The monoisotopic (exact) mass is 414 g/mol. The molecule has 4 aromatic rings. The van der Waals surface area contributed by atoms with Crippen LogP contribution in [0.3, 0.4) is 0 Å². The van der Waals surface area contributed by atoms with Crippen LogP contribution in [0, 0.1) is 5.82 Å². The summed E-state index contributed by atoms with van der Waals surface area (Å²) in [6.07, 6.45) is -5.36. The van der Waals surface area contributed by atoms with Gasteiger partial charge in [0.05, 0.1) is 17.4 Å². The third-order valence-electron chi connectivity index (χ3n) is 4.48. The number of nitrogens with zero attached hydrogens (tertiary/aromatic N) is 2. The van der Waals surface area contributed by atoms with E-state index in [9.17, 15) is 22.4 Å². The number of alkyl halides is 3. The average molecular weight is 414 g/mol. The van der Waals surface area contributed by atoms with E-state index < -0.39 is 18.1 Å². The van der Waals surface area contributed by atoms with Crippen molar-refractivity contribution in [1.29, 1.82) is 0 Å². The number of carbonyl (C=O) groups excluding carboxylic acids is 1. The normalized spacial score (nSPS) is 12.7. The number of halogens is 4. The Labute approximate surface area is 168 Å². The molecule has 0 aliphatic rings. The highest BCUT2D eigenvalue weighted by Crippen LogP contribution is 2.32. The Morgan fingerprint density at radius 2 is 1.67 bits per heavy atom. The molecular weight excluding hydrogens is 400 g/mol. The molecule has 4 nitrogen and oxygen atoms in total. The standard InChI is InChI=1S/C22H14F4N2O2/c23-16-6-8-17(9-7-16)28-19-11-10-18(12-15(19)13-27-28)30-20(21(29)22(24,25)26)14-4-2-1-3-5-14/h1-13,20H. The van der Waals surface area contributed by atoms with Gasteiger partial charge in [0, 0.05) is 10.9 Å². The second-order valence-corrected chi connectivity index (χ2v) is 6.52. The van der Waals surface area contributed by atoms with Crippen molar-refractivity contribution in [2.75, 3.05) is 0 Å². The zero-order valence-corrected chi connectivity index (χ0v) is 15.3. The molecule has 3 aromatic carbocycles. The van der Waals surface area contributed by atoms with Crippen molar-refractivity contribution in [2.45, 2.75) is 12.3 Å². The van der Waals surface area contributed by atoms with E-state index in [2.05, 4.69) is 5.10 Å². The fourth-order valence-corrected chi connectivity index (χ4v) is 3.06. The number of hydrogen-bond donors (Lipinski definition) is 0. The lowest BCUT2D eigenvalue weighted by molar-refractivity contribution is -0.178. The molecule has 0 N–H and O–H groups in total. The third kappa shape index (κ3) is 3.89. The lowest BCUT2D eigenvalue weighted by atomic mass is 10.1. The van der Waals surface area contributed by atoms with Crippen molar-refractivity contribution in [1.82, 2.24) is 9.78 Å². The molecular formula is C22H14F4N2O2. The van der Waals surface area contributed by atoms with Gasteiger partial charge < -0.3 is 4.74 Å². The fraction of sp³-hybridized carbons (Fsp3) is 0.0909. The number of fused-ring (bicyclic) bond motifs is 1. The Hall–Kier alpha value is -3.68. The smallest absolute Gasteiger partial charge is 0.454 e. The summed E-state index contributed by atoms with van der Waals surface area (Å²) >= 11 is 0. The minimum atomic E-state index is -5.04. The van der Waals surface area contributed by atoms with Gasteiger partial charge in [-0.1, -0.05) is 30.3 Å².